The fourth-order valence-corrected chi connectivity index (χ4v) is 3.14. The van der Waals surface area contributed by atoms with E-state index < -0.39 is 11.7 Å². The molecule has 0 aliphatic rings. The van der Waals surface area contributed by atoms with Crippen LogP contribution in [0.4, 0.5) is 8.78 Å². The van der Waals surface area contributed by atoms with E-state index in [2.05, 4.69) is 18.2 Å². The predicted octanol–water partition coefficient (Wildman–Crippen LogP) is 7.68. The van der Waals surface area contributed by atoms with E-state index in [0.717, 1.165) is 35.6 Å². The molecule has 0 amide bonds. The van der Waals surface area contributed by atoms with Crippen molar-refractivity contribution in [2.45, 2.75) is 33.1 Å². The zero-order chi connectivity index (χ0) is 19.2. The topological polar surface area (TPSA) is 0 Å². The highest BCUT2D eigenvalue weighted by molar-refractivity contribution is 5.90. The van der Waals surface area contributed by atoms with Crippen molar-refractivity contribution < 1.29 is 8.78 Å². The maximum Gasteiger partial charge on any atom is 0.166 e. The number of halogens is 2. The number of benzene rings is 3. The van der Waals surface area contributed by atoms with Gasteiger partial charge in [0, 0.05) is 11.1 Å². The van der Waals surface area contributed by atoms with Crippen LogP contribution in [0.25, 0.3) is 22.4 Å². The minimum atomic E-state index is -0.821. The SMILES string of the molecule is C/C=C/CCc1ccc2cc(C(F)=C(F)c3ccc(CC)cc3)ccc2c1. The molecule has 0 N–H and O–H groups in total. The molecule has 0 fully saturated rings. The second kappa shape index (κ2) is 8.77. The van der Waals surface area contributed by atoms with Crippen LogP contribution in [0.3, 0.4) is 0 Å². The van der Waals surface area contributed by atoms with Crippen LogP contribution in [0.5, 0.6) is 0 Å². The molecule has 0 bridgehead atoms. The van der Waals surface area contributed by atoms with Crippen molar-refractivity contribution in [3.05, 3.63) is 95.1 Å². The van der Waals surface area contributed by atoms with Gasteiger partial charge in [-0.25, -0.2) is 8.78 Å². The van der Waals surface area contributed by atoms with E-state index in [1.807, 2.05) is 44.2 Å². The molecule has 0 heterocycles. The smallest absolute Gasteiger partial charge is 0.166 e. The van der Waals surface area contributed by atoms with Crippen LogP contribution < -0.4 is 0 Å². The van der Waals surface area contributed by atoms with Crippen molar-refractivity contribution in [2.75, 3.05) is 0 Å². The molecule has 0 saturated carbocycles. The molecule has 3 aromatic carbocycles. The summed E-state index contributed by atoms with van der Waals surface area (Å²) in [5, 5.41) is 1.95. The second-order valence-corrected chi connectivity index (χ2v) is 6.68. The van der Waals surface area contributed by atoms with Crippen molar-refractivity contribution in [3.8, 4) is 0 Å². The quantitative estimate of drug-likeness (QED) is 0.312. The van der Waals surface area contributed by atoms with Crippen molar-refractivity contribution >= 4 is 22.4 Å². The molecule has 3 aromatic rings. The summed E-state index contributed by atoms with van der Waals surface area (Å²) in [5.41, 5.74) is 2.87. The molecule has 138 valence electrons. The van der Waals surface area contributed by atoms with Crippen LogP contribution in [0, 0.1) is 0 Å². The van der Waals surface area contributed by atoms with Gasteiger partial charge in [-0.1, -0.05) is 73.7 Å². The van der Waals surface area contributed by atoms with Gasteiger partial charge in [-0.15, -0.1) is 0 Å². The Hall–Kier alpha value is -2.74. The van der Waals surface area contributed by atoms with E-state index in [0.29, 0.717) is 0 Å². The lowest BCUT2D eigenvalue weighted by Crippen LogP contribution is -1.88. The van der Waals surface area contributed by atoms with Gasteiger partial charge in [-0.3, -0.25) is 0 Å². The highest BCUT2D eigenvalue weighted by Gasteiger charge is 2.12. The van der Waals surface area contributed by atoms with E-state index >= 15 is 0 Å². The maximum absolute atomic E-state index is 14.7. The first-order chi connectivity index (χ1) is 13.1. The summed E-state index contributed by atoms with van der Waals surface area (Å²) in [6, 6.07) is 18.3. The van der Waals surface area contributed by atoms with E-state index in [9.17, 15) is 8.78 Å². The van der Waals surface area contributed by atoms with Gasteiger partial charge < -0.3 is 0 Å². The average molecular weight is 362 g/mol. The minimum Gasteiger partial charge on any atom is -0.203 e. The number of allylic oxidation sites excluding steroid dienone is 2. The zero-order valence-electron chi connectivity index (χ0n) is 15.8. The molecule has 0 aliphatic heterocycles. The Kier molecular flexibility index (Phi) is 6.18. The summed E-state index contributed by atoms with van der Waals surface area (Å²) in [4.78, 5) is 0. The summed E-state index contributed by atoms with van der Waals surface area (Å²) < 4.78 is 29.3. The Morgan fingerprint density at radius 1 is 0.778 bits per heavy atom. The molecule has 0 aromatic heterocycles. The maximum atomic E-state index is 14.7. The van der Waals surface area contributed by atoms with Crippen LogP contribution in [0.1, 0.15) is 42.5 Å². The van der Waals surface area contributed by atoms with Crippen molar-refractivity contribution in [1.82, 2.24) is 0 Å². The summed E-state index contributed by atoms with van der Waals surface area (Å²) in [6.45, 7) is 4.05. The molecular formula is C25H24F2. The van der Waals surface area contributed by atoms with E-state index in [1.165, 1.54) is 5.56 Å². The van der Waals surface area contributed by atoms with E-state index in [1.54, 1.807) is 24.3 Å². The highest BCUT2D eigenvalue weighted by Crippen LogP contribution is 2.31. The molecule has 3 rings (SSSR count). The molecule has 27 heavy (non-hydrogen) atoms. The molecule has 0 nitrogen and oxygen atoms in total. The number of hydrogen-bond acceptors (Lipinski definition) is 0. The lowest BCUT2D eigenvalue weighted by molar-refractivity contribution is 0.700. The first kappa shape index (κ1) is 19.0. The molecule has 0 radical (unpaired) electrons. The Balaban J connectivity index is 1.89. The van der Waals surface area contributed by atoms with Crippen LogP contribution in [0.15, 0.2) is 72.8 Å². The molecule has 0 atom stereocenters. The number of aryl methyl sites for hydroxylation is 2. The molecule has 0 saturated heterocycles. The van der Waals surface area contributed by atoms with Gasteiger partial charge in [0.1, 0.15) is 0 Å². The molecule has 0 aliphatic carbocycles. The Labute approximate surface area is 159 Å². The third-order valence-corrected chi connectivity index (χ3v) is 4.80. The Morgan fingerprint density at radius 2 is 1.37 bits per heavy atom. The van der Waals surface area contributed by atoms with Gasteiger partial charge >= 0.3 is 0 Å². The van der Waals surface area contributed by atoms with Gasteiger partial charge in [0.15, 0.2) is 11.7 Å². The number of hydrogen-bond donors (Lipinski definition) is 0. The third kappa shape index (κ3) is 4.51. The summed E-state index contributed by atoms with van der Waals surface area (Å²) in [6.07, 6.45) is 7.03. The van der Waals surface area contributed by atoms with Gasteiger partial charge in [0.05, 0.1) is 0 Å². The largest absolute Gasteiger partial charge is 0.203 e. The van der Waals surface area contributed by atoms with Crippen molar-refractivity contribution in [2.24, 2.45) is 0 Å². The van der Waals surface area contributed by atoms with Gasteiger partial charge in [0.25, 0.3) is 0 Å². The first-order valence-electron chi connectivity index (χ1n) is 9.41. The average Bonchev–Trinajstić information content (AvgIpc) is 2.72. The monoisotopic (exact) mass is 362 g/mol. The Bertz CT molecular complexity index is 979. The van der Waals surface area contributed by atoms with Gasteiger partial charge in [-0.05, 0) is 54.2 Å². The van der Waals surface area contributed by atoms with Gasteiger partial charge in [0.2, 0.25) is 0 Å². The van der Waals surface area contributed by atoms with Gasteiger partial charge in [-0.2, -0.15) is 0 Å². The fraction of sp³-hybridized carbons (Fsp3) is 0.200. The fourth-order valence-electron chi connectivity index (χ4n) is 3.14. The third-order valence-electron chi connectivity index (χ3n) is 4.80. The second-order valence-electron chi connectivity index (χ2n) is 6.68. The van der Waals surface area contributed by atoms with Crippen LogP contribution in [-0.4, -0.2) is 0 Å². The predicted molar refractivity (Wildman–Crippen MR) is 112 cm³/mol. The number of rotatable bonds is 6. The van der Waals surface area contributed by atoms with Crippen LogP contribution in [-0.2, 0) is 12.8 Å². The zero-order valence-corrected chi connectivity index (χ0v) is 15.8. The first-order valence-corrected chi connectivity index (χ1v) is 9.41. The summed E-state index contributed by atoms with van der Waals surface area (Å²) >= 11 is 0. The Morgan fingerprint density at radius 3 is 2.07 bits per heavy atom. The summed E-state index contributed by atoms with van der Waals surface area (Å²) in [7, 11) is 0. The molecule has 2 heteroatoms. The molecule has 0 unspecified atom stereocenters. The minimum absolute atomic E-state index is 0.265. The summed E-state index contributed by atoms with van der Waals surface area (Å²) in [5.74, 6) is -1.64. The normalized spacial score (nSPS) is 12.6. The van der Waals surface area contributed by atoms with Crippen LogP contribution >= 0.6 is 0 Å². The van der Waals surface area contributed by atoms with E-state index in [4.69, 9.17) is 0 Å². The molecular weight excluding hydrogens is 338 g/mol. The standard InChI is InChI=1S/C25H24F2/c1-3-5-6-7-19-10-13-22-17-23(15-14-21(22)16-19)25(27)24(26)20-11-8-18(4-2)9-12-20/h3,5,8-17H,4,6-7H2,1-2H3/b5-3+,25-24?. The molecule has 0 spiro atoms. The lowest BCUT2D eigenvalue weighted by Gasteiger charge is -2.07. The highest BCUT2D eigenvalue weighted by atomic mass is 19.2. The lowest BCUT2D eigenvalue weighted by atomic mass is 10.0. The van der Waals surface area contributed by atoms with E-state index in [-0.39, 0.29) is 11.1 Å². The number of fused-ring (bicyclic) bond motifs is 1. The van der Waals surface area contributed by atoms with Crippen molar-refractivity contribution in [1.29, 1.82) is 0 Å². The van der Waals surface area contributed by atoms with Crippen LogP contribution in [0.2, 0.25) is 0 Å². The van der Waals surface area contributed by atoms with Crippen molar-refractivity contribution in [3.63, 3.8) is 0 Å².